The van der Waals surface area contributed by atoms with Gasteiger partial charge < -0.3 is 10.1 Å². The number of thioether (sulfide) groups is 1. The van der Waals surface area contributed by atoms with Crippen molar-refractivity contribution in [2.45, 2.75) is 24.9 Å². The molecule has 0 aliphatic carbocycles. The molecule has 3 rings (SSSR count). The van der Waals surface area contributed by atoms with E-state index in [0.717, 1.165) is 15.8 Å². The smallest absolute Gasteiger partial charge is 0.230 e. The number of nitrogens with zero attached hydrogens (tertiary/aromatic N) is 3. The zero-order valence-corrected chi connectivity index (χ0v) is 19.2. The van der Waals surface area contributed by atoms with Crippen LogP contribution in [0.1, 0.15) is 11.4 Å². The van der Waals surface area contributed by atoms with Crippen LogP contribution in [-0.4, -0.2) is 26.4 Å². The molecule has 6 nitrogen and oxygen atoms in total. The zero-order chi connectivity index (χ0) is 21.3. The molecular formula is C21H20BrClN4O2S. The first-order valence-electron chi connectivity index (χ1n) is 9.10. The highest BCUT2D eigenvalue weighted by atomic mass is 79.9. The average molecular weight is 508 g/mol. The standard InChI is InChI=1S/C21H20BrClN4O2S/c1-2-11-27-19(13-29-18-9-5-16(22)6-10-18)25-26-21(27)30-14-20(28)24-12-15-3-7-17(23)8-4-15/h2-10H,1,11-14H2,(H,24,28). The highest BCUT2D eigenvalue weighted by Crippen LogP contribution is 2.20. The van der Waals surface area contributed by atoms with E-state index in [-0.39, 0.29) is 18.3 Å². The molecule has 0 aliphatic rings. The van der Waals surface area contributed by atoms with E-state index in [0.29, 0.717) is 29.1 Å². The third kappa shape index (κ3) is 6.62. The quantitative estimate of drug-likeness (QED) is 0.313. The summed E-state index contributed by atoms with van der Waals surface area (Å²) in [7, 11) is 0. The minimum Gasteiger partial charge on any atom is -0.486 e. The predicted molar refractivity (Wildman–Crippen MR) is 123 cm³/mol. The van der Waals surface area contributed by atoms with E-state index in [4.69, 9.17) is 16.3 Å². The van der Waals surface area contributed by atoms with Crippen molar-refractivity contribution in [3.8, 4) is 5.75 Å². The maximum absolute atomic E-state index is 12.2. The number of hydrogen-bond donors (Lipinski definition) is 1. The topological polar surface area (TPSA) is 69.0 Å². The van der Waals surface area contributed by atoms with Crippen LogP contribution in [-0.2, 0) is 24.5 Å². The molecule has 156 valence electrons. The van der Waals surface area contributed by atoms with Crippen molar-refractivity contribution < 1.29 is 9.53 Å². The van der Waals surface area contributed by atoms with Gasteiger partial charge in [0, 0.05) is 22.6 Å². The van der Waals surface area contributed by atoms with Gasteiger partial charge in [-0.05, 0) is 42.0 Å². The second-order valence-electron chi connectivity index (χ2n) is 6.23. The maximum Gasteiger partial charge on any atom is 0.230 e. The van der Waals surface area contributed by atoms with Crippen LogP contribution in [0.2, 0.25) is 5.02 Å². The third-order valence-electron chi connectivity index (χ3n) is 4.02. The number of halogens is 2. The van der Waals surface area contributed by atoms with Gasteiger partial charge in [0.1, 0.15) is 12.4 Å². The molecule has 0 radical (unpaired) electrons. The molecule has 2 aromatic carbocycles. The molecule has 0 spiro atoms. The van der Waals surface area contributed by atoms with Gasteiger partial charge in [0.05, 0.1) is 5.75 Å². The van der Waals surface area contributed by atoms with Crippen molar-refractivity contribution in [2.75, 3.05) is 5.75 Å². The Hall–Kier alpha value is -2.29. The van der Waals surface area contributed by atoms with Crippen LogP contribution in [0.5, 0.6) is 5.75 Å². The van der Waals surface area contributed by atoms with Gasteiger partial charge in [-0.1, -0.05) is 57.5 Å². The summed E-state index contributed by atoms with van der Waals surface area (Å²) < 4.78 is 8.67. The zero-order valence-electron chi connectivity index (χ0n) is 16.1. The van der Waals surface area contributed by atoms with E-state index in [2.05, 4.69) is 38.0 Å². The van der Waals surface area contributed by atoms with Crippen molar-refractivity contribution in [2.24, 2.45) is 0 Å². The number of carbonyl (C=O) groups is 1. The van der Waals surface area contributed by atoms with Gasteiger partial charge in [0.2, 0.25) is 5.91 Å². The van der Waals surface area contributed by atoms with Crippen LogP contribution in [0.3, 0.4) is 0 Å². The van der Waals surface area contributed by atoms with Crippen LogP contribution in [0.25, 0.3) is 0 Å². The third-order valence-corrected chi connectivity index (χ3v) is 5.77. The molecule has 1 aromatic heterocycles. The molecule has 0 atom stereocenters. The van der Waals surface area contributed by atoms with Gasteiger partial charge in [-0.15, -0.1) is 16.8 Å². The molecule has 1 heterocycles. The van der Waals surface area contributed by atoms with Gasteiger partial charge in [0.15, 0.2) is 11.0 Å². The molecule has 30 heavy (non-hydrogen) atoms. The molecule has 0 saturated heterocycles. The number of nitrogens with one attached hydrogen (secondary N) is 1. The highest BCUT2D eigenvalue weighted by molar-refractivity contribution is 9.10. The summed E-state index contributed by atoms with van der Waals surface area (Å²) in [5.74, 6) is 1.55. The van der Waals surface area contributed by atoms with Crippen LogP contribution in [0.15, 0.2) is 70.8 Å². The first kappa shape index (κ1) is 22.4. The highest BCUT2D eigenvalue weighted by Gasteiger charge is 2.14. The Morgan fingerprint density at radius 2 is 1.93 bits per heavy atom. The Morgan fingerprint density at radius 1 is 1.20 bits per heavy atom. The molecule has 0 fully saturated rings. The Morgan fingerprint density at radius 3 is 2.63 bits per heavy atom. The fourth-order valence-corrected chi connectivity index (χ4v) is 3.69. The molecule has 0 aliphatic heterocycles. The molecule has 1 amide bonds. The van der Waals surface area contributed by atoms with Gasteiger partial charge in [-0.25, -0.2) is 0 Å². The second kappa shape index (κ2) is 11.2. The van der Waals surface area contributed by atoms with E-state index in [1.54, 1.807) is 18.2 Å². The number of hydrogen-bond acceptors (Lipinski definition) is 5. The first-order valence-corrected chi connectivity index (χ1v) is 11.3. The van der Waals surface area contributed by atoms with Gasteiger partial charge in [-0.3, -0.25) is 9.36 Å². The van der Waals surface area contributed by atoms with Crippen molar-refractivity contribution >= 4 is 45.2 Å². The largest absolute Gasteiger partial charge is 0.486 e. The molecule has 9 heteroatoms. The Kier molecular flexibility index (Phi) is 8.36. The van der Waals surface area contributed by atoms with E-state index in [9.17, 15) is 4.79 Å². The summed E-state index contributed by atoms with van der Waals surface area (Å²) in [6.45, 7) is 5.03. The maximum atomic E-state index is 12.2. The number of rotatable bonds is 10. The van der Waals surface area contributed by atoms with E-state index in [1.807, 2.05) is 41.0 Å². The fourth-order valence-electron chi connectivity index (χ4n) is 2.51. The molecule has 3 aromatic rings. The number of benzene rings is 2. The van der Waals surface area contributed by atoms with Gasteiger partial charge in [-0.2, -0.15) is 0 Å². The predicted octanol–water partition coefficient (Wildman–Crippen LogP) is 4.87. The number of amides is 1. The molecule has 1 N–H and O–H groups in total. The van der Waals surface area contributed by atoms with Crippen molar-refractivity contribution in [3.63, 3.8) is 0 Å². The monoisotopic (exact) mass is 506 g/mol. The summed E-state index contributed by atoms with van der Waals surface area (Å²) in [6, 6.07) is 14.9. The lowest BCUT2D eigenvalue weighted by Crippen LogP contribution is -2.24. The number of ether oxygens (including phenoxy) is 1. The van der Waals surface area contributed by atoms with Crippen molar-refractivity contribution in [1.29, 1.82) is 0 Å². The second-order valence-corrected chi connectivity index (χ2v) is 8.53. The van der Waals surface area contributed by atoms with Crippen LogP contribution >= 0.6 is 39.3 Å². The normalized spacial score (nSPS) is 10.6. The number of aromatic nitrogens is 3. The number of allylic oxidation sites excluding steroid dienone is 1. The lowest BCUT2D eigenvalue weighted by Gasteiger charge is -2.09. The van der Waals surface area contributed by atoms with Crippen molar-refractivity contribution in [3.05, 3.63) is 82.1 Å². The molecular weight excluding hydrogens is 488 g/mol. The molecule has 0 unspecified atom stereocenters. The van der Waals surface area contributed by atoms with E-state index < -0.39 is 0 Å². The Bertz CT molecular complexity index is 993. The van der Waals surface area contributed by atoms with Crippen LogP contribution in [0.4, 0.5) is 0 Å². The lowest BCUT2D eigenvalue weighted by atomic mass is 10.2. The van der Waals surface area contributed by atoms with Crippen molar-refractivity contribution in [1.82, 2.24) is 20.1 Å². The summed E-state index contributed by atoms with van der Waals surface area (Å²) in [4.78, 5) is 12.2. The minimum absolute atomic E-state index is 0.0873. The lowest BCUT2D eigenvalue weighted by molar-refractivity contribution is -0.118. The Labute approximate surface area is 192 Å². The summed E-state index contributed by atoms with van der Waals surface area (Å²) in [5.41, 5.74) is 0.986. The summed E-state index contributed by atoms with van der Waals surface area (Å²) in [5, 5.41) is 12.6. The van der Waals surface area contributed by atoms with E-state index in [1.165, 1.54) is 11.8 Å². The Balaban J connectivity index is 1.54. The first-order chi connectivity index (χ1) is 14.5. The minimum atomic E-state index is -0.0873. The average Bonchev–Trinajstić information content (AvgIpc) is 3.13. The fraction of sp³-hybridized carbons (Fsp3) is 0.190. The molecule has 0 bridgehead atoms. The SMILES string of the molecule is C=CCn1c(COc2ccc(Br)cc2)nnc1SCC(=O)NCc1ccc(Cl)cc1. The summed E-state index contributed by atoms with van der Waals surface area (Å²) >= 11 is 10.6. The summed E-state index contributed by atoms with van der Waals surface area (Å²) in [6.07, 6.45) is 1.76. The molecule has 0 saturated carbocycles. The van der Waals surface area contributed by atoms with Crippen LogP contribution in [0, 0.1) is 0 Å². The van der Waals surface area contributed by atoms with Crippen LogP contribution < -0.4 is 10.1 Å². The van der Waals surface area contributed by atoms with Gasteiger partial charge >= 0.3 is 0 Å². The van der Waals surface area contributed by atoms with E-state index >= 15 is 0 Å². The number of carbonyl (C=O) groups excluding carboxylic acids is 1. The van der Waals surface area contributed by atoms with Gasteiger partial charge in [0.25, 0.3) is 0 Å².